The van der Waals surface area contributed by atoms with Crippen molar-refractivity contribution in [3.05, 3.63) is 74.8 Å². The predicted molar refractivity (Wildman–Crippen MR) is 121 cm³/mol. The SMILES string of the molecule is CC[C@H](C)NC(=O)[C@H](CC)N(Cc1ccccc1Cl)C(=O)Cc1ccccc1[N+](=O)[O-]. The van der Waals surface area contributed by atoms with E-state index in [4.69, 9.17) is 11.6 Å². The van der Waals surface area contributed by atoms with Gasteiger partial charge in [0, 0.05) is 29.2 Å². The van der Waals surface area contributed by atoms with Crippen LogP contribution in [0, 0.1) is 10.1 Å². The molecule has 2 atom stereocenters. The number of nitro groups is 1. The summed E-state index contributed by atoms with van der Waals surface area (Å²) in [4.78, 5) is 38.6. The number of hydrogen-bond acceptors (Lipinski definition) is 4. The van der Waals surface area contributed by atoms with E-state index in [0.717, 1.165) is 6.42 Å². The molecule has 0 aromatic heterocycles. The topological polar surface area (TPSA) is 92.6 Å². The van der Waals surface area contributed by atoms with Crippen LogP contribution >= 0.6 is 11.6 Å². The quantitative estimate of drug-likeness (QED) is 0.430. The van der Waals surface area contributed by atoms with Crippen LogP contribution in [-0.4, -0.2) is 33.7 Å². The molecule has 2 aromatic carbocycles. The molecule has 2 rings (SSSR count). The lowest BCUT2D eigenvalue weighted by Crippen LogP contribution is -2.51. The van der Waals surface area contributed by atoms with E-state index in [1.165, 1.54) is 11.0 Å². The van der Waals surface area contributed by atoms with Crippen molar-refractivity contribution in [2.75, 3.05) is 0 Å². The summed E-state index contributed by atoms with van der Waals surface area (Å²) in [5.41, 5.74) is 0.888. The number of amides is 2. The lowest BCUT2D eigenvalue weighted by molar-refractivity contribution is -0.385. The summed E-state index contributed by atoms with van der Waals surface area (Å²) in [6.07, 6.45) is 0.973. The average Bonchev–Trinajstić information content (AvgIpc) is 2.74. The molecule has 1 N–H and O–H groups in total. The van der Waals surface area contributed by atoms with Gasteiger partial charge in [-0.05, 0) is 31.4 Å². The molecule has 2 aromatic rings. The van der Waals surface area contributed by atoms with Gasteiger partial charge in [0.2, 0.25) is 11.8 Å². The van der Waals surface area contributed by atoms with E-state index < -0.39 is 11.0 Å². The van der Waals surface area contributed by atoms with Crippen LogP contribution in [-0.2, 0) is 22.6 Å². The van der Waals surface area contributed by atoms with Gasteiger partial charge in [0.1, 0.15) is 6.04 Å². The fourth-order valence-corrected chi connectivity index (χ4v) is 3.47. The summed E-state index contributed by atoms with van der Waals surface area (Å²) < 4.78 is 0. The lowest BCUT2D eigenvalue weighted by Gasteiger charge is -2.31. The Labute approximate surface area is 187 Å². The Bertz CT molecular complexity index is 935. The Morgan fingerprint density at radius 2 is 1.68 bits per heavy atom. The van der Waals surface area contributed by atoms with E-state index in [2.05, 4.69) is 5.32 Å². The molecule has 0 spiro atoms. The Morgan fingerprint density at radius 1 is 1.06 bits per heavy atom. The molecule has 0 radical (unpaired) electrons. The molecule has 0 fully saturated rings. The smallest absolute Gasteiger partial charge is 0.273 e. The predicted octanol–water partition coefficient (Wildman–Crippen LogP) is 4.51. The van der Waals surface area contributed by atoms with E-state index in [9.17, 15) is 19.7 Å². The molecule has 0 aliphatic heterocycles. The fourth-order valence-electron chi connectivity index (χ4n) is 3.27. The molecule has 2 amide bonds. The summed E-state index contributed by atoms with van der Waals surface area (Å²) in [6.45, 7) is 5.83. The summed E-state index contributed by atoms with van der Waals surface area (Å²) >= 11 is 6.31. The molecule has 8 heteroatoms. The van der Waals surface area contributed by atoms with Gasteiger partial charge in [-0.15, -0.1) is 0 Å². The molecule has 0 aliphatic rings. The van der Waals surface area contributed by atoms with Crippen LogP contribution in [0.5, 0.6) is 0 Å². The average molecular weight is 446 g/mol. The van der Waals surface area contributed by atoms with Crippen molar-refractivity contribution in [1.82, 2.24) is 10.2 Å². The van der Waals surface area contributed by atoms with Gasteiger partial charge in [0.05, 0.1) is 11.3 Å². The van der Waals surface area contributed by atoms with Crippen molar-refractivity contribution in [3.8, 4) is 0 Å². The number of rotatable bonds is 10. The second-order valence-corrected chi connectivity index (χ2v) is 7.82. The molecule has 7 nitrogen and oxygen atoms in total. The van der Waals surface area contributed by atoms with Crippen molar-refractivity contribution in [2.24, 2.45) is 0 Å². The van der Waals surface area contributed by atoms with Gasteiger partial charge in [-0.25, -0.2) is 0 Å². The van der Waals surface area contributed by atoms with Crippen LogP contribution in [0.3, 0.4) is 0 Å². The van der Waals surface area contributed by atoms with Gasteiger partial charge < -0.3 is 10.2 Å². The van der Waals surface area contributed by atoms with E-state index in [-0.39, 0.29) is 36.5 Å². The summed E-state index contributed by atoms with van der Waals surface area (Å²) in [5, 5.41) is 14.8. The van der Waals surface area contributed by atoms with Crippen molar-refractivity contribution in [2.45, 2.75) is 58.7 Å². The monoisotopic (exact) mass is 445 g/mol. The van der Waals surface area contributed by atoms with Crippen molar-refractivity contribution < 1.29 is 14.5 Å². The molecule has 31 heavy (non-hydrogen) atoms. The number of carbonyl (C=O) groups is 2. The van der Waals surface area contributed by atoms with Crippen LogP contribution in [0.15, 0.2) is 48.5 Å². The van der Waals surface area contributed by atoms with E-state index in [0.29, 0.717) is 22.6 Å². The molecule has 0 unspecified atom stereocenters. The highest BCUT2D eigenvalue weighted by atomic mass is 35.5. The van der Waals surface area contributed by atoms with Crippen LogP contribution < -0.4 is 5.32 Å². The molecule has 0 saturated carbocycles. The number of halogens is 1. The molecule has 0 saturated heterocycles. The number of nitro benzene ring substituents is 1. The Balaban J connectivity index is 2.38. The third-order valence-corrected chi connectivity index (χ3v) is 5.58. The van der Waals surface area contributed by atoms with Crippen LogP contribution in [0.1, 0.15) is 44.7 Å². The highest BCUT2D eigenvalue weighted by Gasteiger charge is 2.30. The van der Waals surface area contributed by atoms with Gasteiger partial charge in [-0.1, -0.05) is 61.8 Å². The molecule has 0 bridgehead atoms. The number of carbonyl (C=O) groups excluding carboxylic acids is 2. The minimum atomic E-state index is -0.722. The first kappa shape index (κ1) is 24.3. The van der Waals surface area contributed by atoms with E-state index >= 15 is 0 Å². The highest BCUT2D eigenvalue weighted by Crippen LogP contribution is 2.23. The zero-order chi connectivity index (χ0) is 23.0. The van der Waals surface area contributed by atoms with Crippen molar-refractivity contribution >= 4 is 29.1 Å². The van der Waals surface area contributed by atoms with Gasteiger partial charge in [0.25, 0.3) is 5.69 Å². The zero-order valence-corrected chi connectivity index (χ0v) is 18.8. The first-order valence-electron chi connectivity index (χ1n) is 10.3. The Kier molecular flexibility index (Phi) is 9.00. The molecule has 166 valence electrons. The molecular formula is C23H28ClN3O4. The van der Waals surface area contributed by atoms with E-state index in [1.807, 2.05) is 26.8 Å². The van der Waals surface area contributed by atoms with Crippen LogP contribution in [0.2, 0.25) is 5.02 Å². The Hall–Kier alpha value is -2.93. The van der Waals surface area contributed by atoms with Gasteiger partial charge >= 0.3 is 0 Å². The van der Waals surface area contributed by atoms with Gasteiger partial charge in [0.15, 0.2) is 0 Å². The standard InChI is InChI=1S/C23H28ClN3O4/c1-4-16(3)25-23(29)20(5-2)26(15-18-11-6-8-12-19(18)24)22(28)14-17-10-7-9-13-21(17)27(30)31/h6-13,16,20H,4-5,14-15H2,1-3H3,(H,25,29)/t16-,20-/m0/s1. The third-order valence-electron chi connectivity index (χ3n) is 5.22. The minimum absolute atomic E-state index is 0.0333. The maximum absolute atomic E-state index is 13.3. The normalized spacial score (nSPS) is 12.6. The minimum Gasteiger partial charge on any atom is -0.352 e. The fraction of sp³-hybridized carbons (Fsp3) is 0.391. The van der Waals surface area contributed by atoms with Crippen molar-refractivity contribution in [1.29, 1.82) is 0 Å². The van der Waals surface area contributed by atoms with Crippen molar-refractivity contribution in [3.63, 3.8) is 0 Å². The second-order valence-electron chi connectivity index (χ2n) is 7.42. The number of nitrogens with one attached hydrogen (secondary N) is 1. The second kappa shape index (κ2) is 11.5. The first-order valence-corrected chi connectivity index (χ1v) is 10.7. The first-order chi connectivity index (χ1) is 14.8. The van der Waals surface area contributed by atoms with Crippen LogP contribution in [0.4, 0.5) is 5.69 Å². The maximum atomic E-state index is 13.3. The van der Waals surface area contributed by atoms with Gasteiger partial charge in [-0.3, -0.25) is 19.7 Å². The number of nitrogens with zero attached hydrogens (tertiary/aromatic N) is 2. The molecular weight excluding hydrogens is 418 g/mol. The lowest BCUT2D eigenvalue weighted by atomic mass is 10.0. The summed E-state index contributed by atoms with van der Waals surface area (Å²) in [5.74, 6) is -0.625. The van der Waals surface area contributed by atoms with E-state index in [1.54, 1.807) is 36.4 Å². The zero-order valence-electron chi connectivity index (χ0n) is 18.0. The Morgan fingerprint density at radius 3 is 2.26 bits per heavy atom. The molecule has 0 heterocycles. The number of para-hydroxylation sites is 1. The highest BCUT2D eigenvalue weighted by molar-refractivity contribution is 6.31. The summed E-state index contributed by atoms with van der Waals surface area (Å²) in [6, 6.07) is 12.5. The maximum Gasteiger partial charge on any atom is 0.273 e. The van der Waals surface area contributed by atoms with Crippen LogP contribution in [0.25, 0.3) is 0 Å². The summed E-state index contributed by atoms with van der Waals surface area (Å²) in [7, 11) is 0. The molecule has 0 aliphatic carbocycles. The third kappa shape index (κ3) is 6.52. The largest absolute Gasteiger partial charge is 0.352 e. The number of hydrogen-bond donors (Lipinski definition) is 1. The number of benzene rings is 2. The van der Waals surface area contributed by atoms with Gasteiger partial charge in [-0.2, -0.15) is 0 Å².